The zero-order valence-corrected chi connectivity index (χ0v) is 17.7. The molecule has 1 atom stereocenters. The topological polar surface area (TPSA) is 135 Å². The minimum Gasteiger partial charge on any atom is -0.450 e. The number of hydrogen-bond donors (Lipinski definition) is 2. The molecule has 2 amide bonds. The number of aromatic nitrogens is 5. The van der Waals surface area contributed by atoms with Crippen molar-refractivity contribution in [2.45, 2.75) is 33.0 Å². The van der Waals surface area contributed by atoms with Crippen molar-refractivity contribution in [3.8, 4) is 11.5 Å². The molecule has 166 valence electrons. The number of rotatable bonds is 6. The average molecular weight is 437 g/mol. The number of hydrogen-bond acceptors (Lipinski definition) is 8. The molecular weight excluding hydrogens is 414 g/mol. The van der Waals surface area contributed by atoms with Gasteiger partial charge in [0, 0.05) is 12.7 Å². The molecule has 0 saturated carbocycles. The standard InChI is InChI=1S/C21H23N7O4/c1-3-32-21(31)27-9-14-7-17(22-8-15(14)10-27)20(30)25-18-6-4-5-16(24-18)19-26-23-12-28(19)13(2)11-29/h4-8,12-13,29H,3,9-11H2,1-2H3,(H,24,25,30)/t13-/m1/s1. The molecule has 1 aliphatic heterocycles. The van der Waals surface area contributed by atoms with Gasteiger partial charge in [0.25, 0.3) is 5.91 Å². The Morgan fingerprint density at radius 2 is 2.09 bits per heavy atom. The molecule has 0 aliphatic carbocycles. The summed E-state index contributed by atoms with van der Waals surface area (Å²) in [5.41, 5.74) is 2.46. The number of anilines is 1. The summed E-state index contributed by atoms with van der Waals surface area (Å²) in [6.45, 7) is 4.59. The molecule has 3 aromatic rings. The normalized spacial score (nSPS) is 13.5. The van der Waals surface area contributed by atoms with Crippen LogP contribution >= 0.6 is 0 Å². The second kappa shape index (κ2) is 9.10. The minimum atomic E-state index is -0.419. The van der Waals surface area contributed by atoms with Crippen molar-refractivity contribution in [2.24, 2.45) is 0 Å². The number of carbonyl (C=O) groups excluding carboxylic acids is 2. The predicted octanol–water partition coefficient (Wildman–Crippen LogP) is 2.01. The van der Waals surface area contributed by atoms with Gasteiger partial charge in [0.1, 0.15) is 23.5 Å². The summed E-state index contributed by atoms with van der Waals surface area (Å²) in [5.74, 6) is 0.392. The third-order valence-electron chi connectivity index (χ3n) is 5.10. The molecule has 11 heteroatoms. The van der Waals surface area contributed by atoms with Crippen molar-refractivity contribution in [1.82, 2.24) is 29.6 Å². The van der Waals surface area contributed by atoms with Gasteiger partial charge in [-0.05, 0) is 43.2 Å². The van der Waals surface area contributed by atoms with E-state index in [1.54, 1.807) is 46.9 Å². The number of carbonyl (C=O) groups is 2. The van der Waals surface area contributed by atoms with Crippen molar-refractivity contribution in [3.63, 3.8) is 0 Å². The summed E-state index contributed by atoms with van der Waals surface area (Å²) in [7, 11) is 0. The van der Waals surface area contributed by atoms with E-state index < -0.39 is 5.91 Å². The molecule has 0 saturated heterocycles. The third-order valence-corrected chi connectivity index (χ3v) is 5.10. The first-order valence-electron chi connectivity index (χ1n) is 10.2. The van der Waals surface area contributed by atoms with E-state index >= 15 is 0 Å². The smallest absolute Gasteiger partial charge is 0.410 e. The summed E-state index contributed by atoms with van der Waals surface area (Å²) in [6, 6.07) is 6.61. The second-order valence-electron chi connectivity index (χ2n) is 7.35. The minimum absolute atomic E-state index is 0.0704. The zero-order chi connectivity index (χ0) is 22.7. The summed E-state index contributed by atoms with van der Waals surface area (Å²) < 4.78 is 6.75. The van der Waals surface area contributed by atoms with Crippen molar-refractivity contribution >= 4 is 17.8 Å². The van der Waals surface area contributed by atoms with Crippen molar-refractivity contribution < 1.29 is 19.4 Å². The molecule has 3 aromatic heterocycles. The number of amides is 2. The maximum absolute atomic E-state index is 12.8. The van der Waals surface area contributed by atoms with Crippen LogP contribution in [0.5, 0.6) is 0 Å². The van der Waals surface area contributed by atoms with E-state index in [1.165, 1.54) is 6.33 Å². The molecule has 11 nitrogen and oxygen atoms in total. The van der Waals surface area contributed by atoms with Gasteiger partial charge in [0.05, 0.1) is 25.8 Å². The molecular formula is C21H23N7O4. The monoisotopic (exact) mass is 437 g/mol. The van der Waals surface area contributed by atoms with Crippen LogP contribution in [0.2, 0.25) is 0 Å². The quantitative estimate of drug-likeness (QED) is 0.598. The summed E-state index contributed by atoms with van der Waals surface area (Å²) in [6.07, 6.45) is 2.74. The maximum Gasteiger partial charge on any atom is 0.410 e. The van der Waals surface area contributed by atoms with Gasteiger partial charge in [0.2, 0.25) is 0 Å². The lowest BCUT2D eigenvalue weighted by Gasteiger charge is -2.13. The zero-order valence-electron chi connectivity index (χ0n) is 17.7. The SMILES string of the molecule is CCOC(=O)N1Cc2cnc(C(=O)Nc3cccc(-c4nncn4[C@H](C)CO)n3)cc2C1. The molecule has 4 heterocycles. The highest BCUT2D eigenvalue weighted by molar-refractivity contribution is 6.02. The van der Waals surface area contributed by atoms with Crippen LogP contribution in [0.4, 0.5) is 10.6 Å². The van der Waals surface area contributed by atoms with Gasteiger partial charge in [-0.2, -0.15) is 0 Å². The van der Waals surface area contributed by atoms with Gasteiger partial charge >= 0.3 is 6.09 Å². The van der Waals surface area contributed by atoms with Gasteiger partial charge in [-0.15, -0.1) is 10.2 Å². The highest BCUT2D eigenvalue weighted by Gasteiger charge is 2.26. The van der Waals surface area contributed by atoms with Crippen molar-refractivity contribution in [2.75, 3.05) is 18.5 Å². The fraction of sp³-hybridized carbons (Fsp3) is 0.333. The molecule has 1 aliphatic rings. The molecule has 32 heavy (non-hydrogen) atoms. The van der Waals surface area contributed by atoms with Crippen LogP contribution in [0.1, 0.15) is 41.5 Å². The van der Waals surface area contributed by atoms with Gasteiger partial charge in [-0.25, -0.2) is 9.78 Å². The number of fused-ring (bicyclic) bond motifs is 1. The molecule has 0 unspecified atom stereocenters. The number of nitrogens with one attached hydrogen (secondary N) is 1. The average Bonchev–Trinajstić information content (AvgIpc) is 3.45. The van der Waals surface area contributed by atoms with Crippen LogP contribution in [0.25, 0.3) is 11.5 Å². The fourth-order valence-electron chi connectivity index (χ4n) is 3.40. The highest BCUT2D eigenvalue weighted by Crippen LogP contribution is 2.24. The van der Waals surface area contributed by atoms with E-state index in [0.717, 1.165) is 11.1 Å². The predicted molar refractivity (Wildman–Crippen MR) is 114 cm³/mol. The largest absolute Gasteiger partial charge is 0.450 e. The number of aliphatic hydroxyl groups is 1. The highest BCUT2D eigenvalue weighted by atomic mass is 16.6. The maximum atomic E-state index is 12.8. The van der Waals surface area contributed by atoms with E-state index in [4.69, 9.17) is 4.74 Å². The van der Waals surface area contributed by atoms with Crippen molar-refractivity contribution in [3.05, 3.63) is 53.6 Å². The van der Waals surface area contributed by atoms with E-state index in [9.17, 15) is 14.7 Å². The van der Waals surface area contributed by atoms with E-state index in [-0.39, 0.29) is 24.4 Å². The van der Waals surface area contributed by atoms with E-state index in [0.29, 0.717) is 37.0 Å². The first-order chi connectivity index (χ1) is 15.5. The molecule has 2 N–H and O–H groups in total. The Bertz CT molecular complexity index is 1150. The Hall–Kier alpha value is -3.86. The first kappa shape index (κ1) is 21.4. The Morgan fingerprint density at radius 3 is 2.88 bits per heavy atom. The second-order valence-corrected chi connectivity index (χ2v) is 7.35. The summed E-state index contributed by atoms with van der Waals surface area (Å²) in [4.78, 5) is 35.0. The van der Waals surface area contributed by atoms with Crippen LogP contribution < -0.4 is 5.32 Å². The van der Waals surface area contributed by atoms with Gasteiger partial charge in [-0.1, -0.05) is 6.07 Å². The Balaban J connectivity index is 1.49. The van der Waals surface area contributed by atoms with Crippen LogP contribution in [0.15, 0.2) is 36.8 Å². The number of aliphatic hydroxyl groups excluding tert-OH is 1. The van der Waals surface area contributed by atoms with E-state index in [1.807, 2.05) is 6.92 Å². The number of ether oxygens (including phenoxy) is 1. The molecule has 0 fully saturated rings. The lowest BCUT2D eigenvalue weighted by molar-refractivity contribution is 0.102. The summed E-state index contributed by atoms with van der Waals surface area (Å²) >= 11 is 0. The van der Waals surface area contributed by atoms with Crippen LogP contribution in [-0.4, -0.2) is 60.0 Å². The lowest BCUT2D eigenvalue weighted by Crippen LogP contribution is -2.25. The molecule has 0 radical (unpaired) electrons. The van der Waals surface area contributed by atoms with E-state index in [2.05, 4.69) is 25.5 Å². The number of nitrogens with zero attached hydrogens (tertiary/aromatic N) is 6. The molecule has 0 bridgehead atoms. The van der Waals surface area contributed by atoms with Gasteiger partial charge in [0.15, 0.2) is 5.82 Å². The van der Waals surface area contributed by atoms with Gasteiger partial charge in [-0.3, -0.25) is 14.7 Å². The van der Waals surface area contributed by atoms with Gasteiger partial charge < -0.3 is 19.7 Å². The Labute approximate surface area is 184 Å². The van der Waals surface area contributed by atoms with Crippen molar-refractivity contribution in [1.29, 1.82) is 0 Å². The summed E-state index contributed by atoms with van der Waals surface area (Å²) in [5, 5.41) is 20.1. The fourth-order valence-corrected chi connectivity index (χ4v) is 3.40. The number of pyridine rings is 2. The Morgan fingerprint density at radius 1 is 1.28 bits per heavy atom. The first-order valence-corrected chi connectivity index (χ1v) is 10.2. The molecule has 0 spiro atoms. The van der Waals surface area contributed by atoms with Crippen LogP contribution in [-0.2, 0) is 17.8 Å². The molecule has 0 aromatic carbocycles. The third kappa shape index (κ3) is 4.28. The van der Waals surface area contributed by atoms with Crippen LogP contribution in [0, 0.1) is 0 Å². The Kier molecular flexibility index (Phi) is 6.08. The molecule has 4 rings (SSSR count). The van der Waals surface area contributed by atoms with Crippen LogP contribution in [0.3, 0.4) is 0 Å². The lowest BCUT2D eigenvalue weighted by atomic mass is 10.1.